The van der Waals surface area contributed by atoms with Crippen LogP contribution >= 0.6 is 34.8 Å². The summed E-state index contributed by atoms with van der Waals surface area (Å²) in [6, 6.07) is 2.99. The summed E-state index contributed by atoms with van der Waals surface area (Å²) in [5.74, 6) is -0.838. The van der Waals surface area contributed by atoms with Gasteiger partial charge in [-0.05, 0) is 18.6 Å². The molecule has 1 aromatic carbocycles. The summed E-state index contributed by atoms with van der Waals surface area (Å²) in [7, 11) is 0. The zero-order valence-corrected chi connectivity index (χ0v) is 10.6. The lowest BCUT2D eigenvalue weighted by molar-refractivity contribution is -0.145. The summed E-state index contributed by atoms with van der Waals surface area (Å²) in [5, 5.41) is 9.39. The van der Waals surface area contributed by atoms with Gasteiger partial charge >= 0.3 is 5.97 Å². The molecule has 0 amide bonds. The van der Waals surface area contributed by atoms with E-state index in [1.165, 1.54) is 12.1 Å². The average molecular weight is 284 g/mol. The van der Waals surface area contributed by atoms with Crippen LogP contribution in [0.2, 0.25) is 15.1 Å². The molecule has 88 valence electrons. The van der Waals surface area contributed by atoms with E-state index in [-0.39, 0.29) is 15.8 Å². The fraction of sp³-hybridized carbons (Fsp3) is 0.300. The Kier molecular flexibility index (Phi) is 4.71. The zero-order chi connectivity index (χ0) is 12.3. The summed E-state index contributed by atoms with van der Waals surface area (Å²) in [6.45, 7) is 1.70. The van der Waals surface area contributed by atoms with Crippen molar-refractivity contribution in [2.75, 3.05) is 0 Å². The highest BCUT2D eigenvalue weighted by Crippen LogP contribution is 2.37. The van der Waals surface area contributed by atoms with Gasteiger partial charge in [-0.15, -0.1) is 0 Å². The second-order valence-corrected chi connectivity index (χ2v) is 4.19. The Bertz CT molecular complexity index is 407. The Morgan fingerprint density at radius 3 is 2.50 bits per heavy atom. The second-order valence-electron chi connectivity index (χ2n) is 3.03. The first-order valence-corrected chi connectivity index (χ1v) is 5.63. The molecule has 0 aliphatic heterocycles. The molecular formula is C10H9Cl3O3. The minimum Gasteiger partial charge on any atom is -0.479 e. The smallest absolute Gasteiger partial charge is 0.344 e. The number of aliphatic carboxylic acids is 1. The highest BCUT2D eigenvalue weighted by molar-refractivity contribution is 6.48. The van der Waals surface area contributed by atoms with Crippen molar-refractivity contribution >= 4 is 40.8 Å². The van der Waals surface area contributed by atoms with E-state index in [9.17, 15) is 4.79 Å². The first-order valence-electron chi connectivity index (χ1n) is 4.50. The van der Waals surface area contributed by atoms with Crippen LogP contribution in [0.4, 0.5) is 0 Å². The van der Waals surface area contributed by atoms with Crippen molar-refractivity contribution in [2.45, 2.75) is 19.4 Å². The van der Waals surface area contributed by atoms with Crippen molar-refractivity contribution in [2.24, 2.45) is 0 Å². The van der Waals surface area contributed by atoms with Crippen LogP contribution in [-0.4, -0.2) is 17.2 Å². The van der Waals surface area contributed by atoms with Crippen LogP contribution in [0.1, 0.15) is 13.3 Å². The third-order valence-corrected chi connectivity index (χ3v) is 3.19. The molecule has 1 N–H and O–H groups in total. The van der Waals surface area contributed by atoms with Gasteiger partial charge in [0.1, 0.15) is 10.8 Å². The maximum absolute atomic E-state index is 10.8. The van der Waals surface area contributed by atoms with Crippen LogP contribution in [0.25, 0.3) is 0 Å². The van der Waals surface area contributed by atoms with Crippen molar-refractivity contribution < 1.29 is 14.6 Å². The quantitative estimate of drug-likeness (QED) is 0.853. The number of hydrogen-bond donors (Lipinski definition) is 1. The molecule has 0 saturated heterocycles. The van der Waals surface area contributed by atoms with Crippen LogP contribution in [0.3, 0.4) is 0 Å². The summed E-state index contributed by atoms with van der Waals surface area (Å²) in [4.78, 5) is 10.8. The Balaban J connectivity index is 2.97. The lowest BCUT2D eigenvalue weighted by Gasteiger charge is -2.15. The SMILES string of the molecule is CC[C@@H](Oc1ccc(Cl)c(Cl)c1Cl)C(=O)O. The fourth-order valence-electron chi connectivity index (χ4n) is 1.06. The van der Waals surface area contributed by atoms with Gasteiger partial charge in [0.2, 0.25) is 0 Å². The van der Waals surface area contributed by atoms with E-state index in [1.807, 2.05) is 0 Å². The molecule has 1 rings (SSSR count). The molecule has 0 heterocycles. The van der Waals surface area contributed by atoms with Gasteiger partial charge in [-0.3, -0.25) is 0 Å². The molecule has 0 saturated carbocycles. The van der Waals surface area contributed by atoms with E-state index in [2.05, 4.69) is 0 Å². The third-order valence-electron chi connectivity index (χ3n) is 1.92. The van der Waals surface area contributed by atoms with Gasteiger partial charge in [0.05, 0.1) is 10.0 Å². The molecule has 1 atom stereocenters. The Morgan fingerprint density at radius 1 is 1.38 bits per heavy atom. The zero-order valence-electron chi connectivity index (χ0n) is 8.34. The van der Waals surface area contributed by atoms with Crippen LogP contribution in [0.5, 0.6) is 5.75 Å². The van der Waals surface area contributed by atoms with Gasteiger partial charge < -0.3 is 9.84 Å². The lowest BCUT2D eigenvalue weighted by Crippen LogP contribution is -2.26. The van der Waals surface area contributed by atoms with Gasteiger partial charge in [-0.1, -0.05) is 41.7 Å². The molecule has 0 fully saturated rings. The van der Waals surface area contributed by atoms with E-state index >= 15 is 0 Å². The van der Waals surface area contributed by atoms with Gasteiger partial charge in [0.25, 0.3) is 0 Å². The van der Waals surface area contributed by atoms with Crippen LogP contribution in [0.15, 0.2) is 12.1 Å². The number of rotatable bonds is 4. The van der Waals surface area contributed by atoms with Gasteiger partial charge in [-0.2, -0.15) is 0 Å². The molecule has 1 aromatic rings. The monoisotopic (exact) mass is 282 g/mol. The van der Waals surface area contributed by atoms with E-state index in [1.54, 1.807) is 6.92 Å². The average Bonchev–Trinajstić information content (AvgIpc) is 2.25. The number of benzene rings is 1. The van der Waals surface area contributed by atoms with Crippen molar-refractivity contribution in [3.05, 3.63) is 27.2 Å². The molecule has 0 unspecified atom stereocenters. The third kappa shape index (κ3) is 2.94. The number of carbonyl (C=O) groups is 1. The van der Waals surface area contributed by atoms with Crippen LogP contribution in [0, 0.1) is 0 Å². The molecular weight excluding hydrogens is 274 g/mol. The van der Waals surface area contributed by atoms with Crippen LogP contribution < -0.4 is 4.74 Å². The van der Waals surface area contributed by atoms with Crippen LogP contribution in [-0.2, 0) is 4.79 Å². The van der Waals surface area contributed by atoms with Crippen molar-refractivity contribution in [1.82, 2.24) is 0 Å². The maximum atomic E-state index is 10.8. The number of carboxylic acids is 1. The number of hydrogen-bond acceptors (Lipinski definition) is 2. The standard InChI is InChI=1S/C10H9Cl3O3/c1-2-6(10(14)15)16-7-4-3-5(11)8(12)9(7)13/h3-4,6H,2H2,1H3,(H,14,15)/t6-/m1/s1. The molecule has 0 radical (unpaired) electrons. The summed E-state index contributed by atoms with van der Waals surface area (Å²) in [6.07, 6.45) is -0.624. The van der Waals surface area contributed by atoms with Crippen molar-refractivity contribution in [3.63, 3.8) is 0 Å². The maximum Gasteiger partial charge on any atom is 0.344 e. The molecule has 0 aliphatic carbocycles. The molecule has 0 aromatic heterocycles. The second kappa shape index (κ2) is 5.62. The molecule has 0 aliphatic rings. The first-order chi connectivity index (χ1) is 7.47. The Labute approximate surface area is 108 Å². The summed E-state index contributed by atoms with van der Waals surface area (Å²) >= 11 is 17.4. The fourth-order valence-corrected chi connectivity index (χ4v) is 1.63. The predicted molar refractivity (Wildman–Crippen MR) is 63.8 cm³/mol. The minimum absolute atomic E-state index is 0.119. The van der Waals surface area contributed by atoms with E-state index in [4.69, 9.17) is 44.6 Å². The van der Waals surface area contributed by atoms with Crippen molar-refractivity contribution in [3.8, 4) is 5.75 Å². The van der Waals surface area contributed by atoms with E-state index < -0.39 is 12.1 Å². The lowest BCUT2D eigenvalue weighted by atomic mass is 10.2. The number of ether oxygens (including phenoxy) is 1. The Morgan fingerprint density at radius 2 is 2.00 bits per heavy atom. The number of halogens is 3. The Hall–Kier alpha value is -0.640. The molecule has 0 spiro atoms. The van der Waals surface area contributed by atoms with Gasteiger partial charge in [-0.25, -0.2) is 4.79 Å². The summed E-state index contributed by atoms with van der Waals surface area (Å²) < 4.78 is 5.22. The van der Waals surface area contributed by atoms with Gasteiger partial charge in [0, 0.05) is 0 Å². The highest BCUT2D eigenvalue weighted by Gasteiger charge is 2.19. The van der Waals surface area contributed by atoms with E-state index in [0.717, 1.165) is 0 Å². The summed E-state index contributed by atoms with van der Waals surface area (Å²) in [5.41, 5.74) is 0. The number of carboxylic acid groups (broad SMARTS) is 1. The largest absolute Gasteiger partial charge is 0.479 e. The topological polar surface area (TPSA) is 46.5 Å². The molecule has 6 heteroatoms. The predicted octanol–water partition coefficient (Wildman–Crippen LogP) is 3.89. The first kappa shape index (κ1) is 13.4. The van der Waals surface area contributed by atoms with E-state index in [0.29, 0.717) is 11.4 Å². The normalized spacial score (nSPS) is 12.2. The highest BCUT2D eigenvalue weighted by atomic mass is 35.5. The van der Waals surface area contributed by atoms with Gasteiger partial charge in [0.15, 0.2) is 6.10 Å². The molecule has 16 heavy (non-hydrogen) atoms. The van der Waals surface area contributed by atoms with Crippen molar-refractivity contribution in [1.29, 1.82) is 0 Å². The molecule has 0 bridgehead atoms. The minimum atomic E-state index is -1.05. The molecule has 3 nitrogen and oxygen atoms in total.